The molecule has 0 radical (unpaired) electrons. The van der Waals surface area contributed by atoms with Crippen LogP contribution >= 0.6 is 0 Å². The van der Waals surface area contributed by atoms with Crippen molar-refractivity contribution in [1.82, 2.24) is 20.0 Å². The summed E-state index contributed by atoms with van der Waals surface area (Å²) < 4.78 is 1.90. The predicted octanol–water partition coefficient (Wildman–Crippen LogP) is 3.15. The van der Waals surface area contributed by atoms with Gasteiger partial charge in [0, 0.05) is 12.4 Å². The number of nitrogens with one attached hydrogen (secondary N) is 1. The summed E-state index contributed by atoms with van der Waals surface area (Å²) in [6, 6.07) is 12.1. The van der Waals surface area contributed by atoms with Gasteiger partial charge in [0.15, 0.2) is 0 Å². The van der Waals surface area contributed by atoms with E-state index in [9.17, 15) is 4.79 Å². The monoisotopic (exact) mass is 352 g/mol. The molecule has 2 fully saturated rings. The van der Waals surface area contributed by atoms with E-state index in [4.69, 9.17) is 0 Å². The minimum absolute atomic E-state index is 0.0660. The van der Waals surface area contributed by atoms with E-state index >= 15 is 0 Å². The van der Waals surface area contributed by atoms with Crippen LogP contribution in [0.3, 0.4) is 0 Å². The Bertz CT molecular complexity index is 701. The Morgan fingerprint density at radius 1 is 1.08 bits per heavy atom. The first-order valence-electron chi connectivity index (χ1n) is 9.86. The molecule has 1 amide bonds. The van der Waals surface area contributed by atoms with Gasteiger partial charge < -0.3 is 5.32 Å². The summed E-state index contributed by atoms with van der Waals surface area (Å²) in [6.45, 7) is 2.77. The van der Waals surface area contributed by atoms with Crippen molar-refractivity contribution in [1.29, 1.82) is 0 Å². The molecule has 1 N–H and O–H groups in total. The third kappa shape index (κ3) is 3.40. The van der Waals surface area contributed by atoms with Gasteiger partial charge in [-0.05, 0) is 50.4 Å². The Hall–Kier alpha value is -2.14. The number of carbonyl (C=O) groups is 1. The highest BCUT2D eigenvalue weighted by Gasteiger charge is 2.47. The zero-order valence-corrected chi connectivity index (χ0v) is 15.3. The van der Waals surface area contributed by atoms with Crippen molar-refractivity contribution in [3.05, 3.63) is 54.4 Å². The molecular weight excluding hydrogens is 324 g/mol. The fourth-order valence-electron chi connectivity index (χ4n) is 4.60. The molecule has 26 heavy (non-hydrogen) atoms. The summed E-state index contributed by atoms with van der Waals surface area (Å²) in [5, 5.41) is 7.73. The van der Waals surface area contributed by atoms with Gasteiger partial charge in [-0.15, -0.1) is 0 Å². The predicted molar refractivity (Wildman–Crippen MR) is 102 cm³/mol. The molecule has 2 aromatic rings. The number of hydrogen-bond acceptors (Lipinski definition) is 3. The molecule has 1 aliphatic heterocycles. The molecular formula is C21H28N4O. The highest BCUT2D eigenvalue weighted by molar-refractivity contribution is 5.87. The Balaban J connectivity index is 1.56. The van der Waals surface area contributed by atoms with Crippen LogP contribution in [0.25, 0.3) is 0 Å². The molecule has 1 aromatic heterocycles. The zero-order chi connectivity index (χ0) is 17.8. The molecule has 1 saturated carbocycles. The van der Waals surface area contributed by atoms with E-state index in [1.807, 2.05) is 35.1 Å². The Labute approximate surface area is 155 Å². The first kappa shape index (κ1) is 17.3. The molecule has 2 aliphatic rings. The van der Waals surface area contributed by atoms with Crippen LogP contribution in [-0.4, -0.2) is 39.2 Å². The van der Waals surface area contributed by atoms with Crippen LogP contribution < -0.4 is 5.32 Å². The molecule has 1 unspecified atom stereocenters. The summed E-state index contributed by atoms with van der Waals surface area (Å²) in [4.78, 5) is 15.9. The fraction of sp³-hybridized carbons (Fsp3) is 0.524. The van der Waals surface area contributed by atoms with Gasteiger partial charge in [0.25, 0.3) is 0 Å². The molecule has 4 rings (SSSR count). The van der Waals surface area contributed by atoms with Crippen molar-refractivity contribution >= 4 is 5.91 Å². The third-order valence-corrected chi connectivity index (χ3v) is 6.00. The number of benzene rings is 1. The first-order chi connectivity index (χ1) is 12.8. The number of amides is 1. The third-order valence-electron chi connectivity index (χ3n) is 6.00. The van der Waals surface area contributed by atoms with E-state index < -0.39 is 0 Å². The van der Waals surface area contributed by atoms with Gasteiger partial charge >= 0.3 is 0 Å². The summed E-state index contributed by atoms with van der Waals surface area (Å²) in [5.41, 5.74) is 0.833. The van der Waals surface area contributed by atoms with Crippen molar-refractivity contribution in [3.63, 3.8) is 0 Å². The van der Waals surface area contributed by atoms with Crippen LogP contribution in [0.5, 0.6) is 0 Å². The van der Waals surface area contributed by atoms with Crippen LogP contribution in [-0.2, 0) is 11.3 Å². The molecule has 5 heteroatoms. The van der Waals surface area contributed by atoms with Gasteiger partial charge in [-0.2, -0.15) is 5.10 Å². The number of carbonyl (C=O) groups excluding carboxylic acids is 1. The molecule has 0 bridgehead atoms. The SMILES string of the molecule is O=C(NC(Cn1cccn1)c1ccccc1)C1(N2CCCC2)CCCC1. The lowest BCUT2D eigenvalue weighted by molar-refractivity contribution is -0.133. The van der Waals surface area contributed by atoms with Gasteiger partial charge in [-0.25, -0.2) is 0 Å². The largest absolute Gasteiger partial charge is 0.346 e. The molecule has 138 valence electrons. The number of aromatic nitrogens is 2. The van der Waals surface area contributed by atoms with E-state index in [2.05, 4.69) is 27.4 Å². The number of hydrogen-bond donors (Lipinski definition) is 1. The molecule has 1 aliphatic carbocycles. The maximum Gasteiger partial charge on any atom is 0.241 e. The van der Waals surface area contributed by atoms with Crippen molar-refractivity contribution in [2.75, 3.05) is 13.1 Å². The molecule has 1 saturated heterocycles. The lowest BCUT2D eigenvalue weighted by atomic mass is 9.93. The maximum atomic E-state index is 13.5. The van der Waals surface area contributed by atoms with Gasteiger partial charge in [0.2, 0.25) is 5.91 Å². The number of nitrogens with zero attached hydrogens (tertiary/aromatic N) is 3. The Kier molecular flexibility index (Phi) is 5.07. The molecule has 2 heterocycles. The zero-order valence-electron chi connectivity index (χ0n) is 15.3. The van der Waals surface area contributed by atoms with Gasteiger partial charge in [-0.3, -0.25) is 14.4 Å². The van der Waals surface area contributed by atoms with E-state index in [1.54, 1.807) is 6.20 Å². The first-order valence-corrected chi connectivity index (χ1v) is 9.86. The minimum atomic E-state index is -0.298. The molecule has 1 atom stereocenters. The van der Waals surface area contributed by atoms with E-state index in [0.717, 1.165) is 44.3 Å². The van der Waals surface area contributed by atoms with E-state index in [1.165, 1.54) is 12.8 Å². The highest BCUT2D eigenvalue weighted by Crippen LogP contribution is 2.38. The second-order valence-corrected chi connectivity index (χ2v) is 7.60. The molecule has 5 nitrogen and oxygen atoms in total. The normalized spacial score (nSPS) is 20.9. The van der Waals surface area contributed by atoms with E-state index in [-0.39, 0.29) is 17.5 Å². The molecule has 1 aromatic carbocycles. The smallest absolute Gasteiger partial charge is 0.241 e. The average molecular weight is 352 g/mol. The Morgan fingerprint density at radius 2 is 1.81 bits per heavy atom. The number of rotatable bonds is 6. The standard InChI is InChI=1S/C21H28N4O/c26-20(21(11-4-5-12-21)24-14-6-7-15-24)23-19(17-25-16-8-13-22-25)18-9-2-1-3-10-18/h1-3,8-10,13,16,19H,4-7,11-12,14-15,17H2,(H,23,26). The second-order valence-electron chi connectivity index (χ2n) is 7.60. The van der Waals surface area contributed by atoms with Crippen LogP contribution in [0.2, 0.25) is 0 Å². The fourth-order valence-corrected chi connectivity index (χ4v) is 4.60. The second kappa shape index (κ2) is 7.62. The van der Waals surface area contributed by atoms with Crippen molar-refractivity contribution in [2.45, 2.75) is 56.7 Å². The number of likely N-dealkylation sites (tertiary alicyclic amines) is 1. The van der Waals surface area contributed by atoms with Gasteiger partial charge in [0.05, 0.1) is 12.6 Å². The van der Waals surface area contributed by atoms with Crippen LogP contribution in [0, 0.1) is 0 Å². The molecule has 0 spiro atoms. The lowest BCUT2D eigenvalue weighted by Crippen LogP contribution is -2.57. The summed E-state index contributed by atoms with van der Waals surface area (Å²) in [7, 11) is 0. The summed E-state index contributed by atoms with van der Waals surface area (Å²) in [6.07, 6.45) is 10.4. The van der Waals surface area contributed by atoms with Crippen LogP contribution in [0.4, 0.5) is 0 Å². The van der Waals surface area contributed by atoms with Crippen molar-refractivity contribution < 1.29 is 4.79 Å². The average Bonchev–Trinajstić information content (AvgIpc) is 3.43. The van der Waals surface area contributed by atoms with Crippen molar-refractivity contribution in [2.24, 2.45) is 0 Å². The summed E-state index contributed by atoms with van der Waals surface area (Å²) in [5.74, 6) is 0.206. The summed E-state index contributed by atoms with van der Waals surface area (Å²) >= 11 is 0. The van der Waals surface area contributed by atoms with Crippen LogP contribution in [0.1, 0.15) is 50.1 Å². The van der Waals surface area contributed by atoms with E-state index in [0.29, 0.717) is 6.54 Å². The van der Waals surface area contributed by atoms with Crippen molar-refractivity contribution in [3.8, 4) is 0 Å². The van der Waals surface area contributed by atoms with Gasteiger partial charge in [0.1, 0.15) is 5.54 Å². The van der Waals surface area contributed by atoms with Crippen LogP contribution in [0.15, 0.2) is 48.8 Å². The topological polar surface area (TPSA) is 50.2 Å². The highest BCUT2D eigenvalue weighted by atomic mass is 16.2. The minimum Gasteiger partial charge on any atom is -0.346 e. The Morgan fingerprint density at radius 3 is 2.46 bits per heavy atom. The van der Waals surface area contributed by atoms with Gasteiger partial charge in [-0.1, -0.05) is 43.2 Å². The quantitative estimate of drug-likeness (QED) is 0.869. The lowest BCUT2D eigenvalue weighted by Gasteiger charge is -2.38. The maximum absolute atomic E-state index is 13.5.